The number of anilines is 1. The maximum absolute atomic E-state index is 14.1. The van der Waals surface area contributed by atoms with Crippen molar-refractivity contribution in [3.05, 3.63) is 87.6 Å². The number of alkyl halides is 6. The van der Waals surface area contributed by atoms with E-state index in [0.717, 1.165) is 12.3 Å². The third-order valence-electron chi connectivity index (χ3n) is 5.33. The Morgan fingerprint density at radius 1 is 1.03 bits per heavy atom. The zero-order valence-corrected chi connectivity index (χ0v) is 17.6. The summed E-state index contributed by atoms with van der Waals surface area (Å²) in [5.74, 6) is -1.31. The van der Waals surface area contributed by atoms with Crippen molar-refractivity contribution in [3.63, 3.8) is 0 Å². The van der Waals surface area contributed by atoms with Gasteiger partial charge in [-0.2, -0.15) is 31.4 Å². The van der Waals surface area contributed by atoms with Crippen molar-refractivity contribution < 1.29 is 31.1 Å². The van der Waals surface area contributed by atoms with Crippen molar-refractivity contribution in [2.75, 3.05) is 5.32 Å². The lowest BCUT2D eigenvalue weighted by atomic mass is 10.2. The first-order chi connectivity index (χ1) is 16.9. The van der Waals surface area contributed by atoms with Crippen LogP contribution in [0.4, 0.5) is 32.0 Å². The summed E-state index contributed by atoms with van der Waals surface area (Å²) >= 11 is 0. The Morgan fingerprint density at radius 3 is 2.53 bits per heavy atom. The molecule has 0 atom stereocenters. The number of aromatic amines is 1. The average Bonchev–Trinajstić information content (AvgIpc) is 3.39. The van der Waals surface area contributed by atoms with Crippen LogP contribution in [0.2, 0.25) is 0 Å². The number of hydrogen-bond acceptors (Lipinski definition) is 4. The topological polar surface area (TPSA) is 97.1 Å². The first-order valence-corrected chi connectivity index (χ1v) is 10.1. The van der Waals surface area contributed by atoms with Gasteiger partial charge in [-0.25, -0.2) is 9.48 Å². The molecule has 0 saturated carbocycles. The largest absolute Gasteiger partial charge is 0.434 e. The van der Waals surface area contributed by atoms with Gasteiger partial charge in [-0.05, 0) is 30.4 Å². The second-order valence-corrected chi connectivity index (χ2v) is 7.64. The first kappa shape index (κ1) is 23.1. The molecule has 0 aromatic carbocycles. The third-order valence-corrected chi connectivity index (χ3v) is 5.33. The minimum atomic E-state index is -5.06. The van der Waals surface area contributed by atoms with E-state index in [1.54, 1.807) is 6.07 Å². The maximum atomic E-state index is 14.1. The molecule has 0 radical (unpaired) electrons. The molecule has 1 aliphatic rings. The summed E-state index contributed by atoms with van der Waals surface area (Å²) in [4.78, 5) is 30.3. The molecule has 4 aromatic heterocycles. The van der Waals surface area contributed by atoms with E-state index in [0.29, 0.717) is 33.6 Å². The second kappa shape index (κ2) is 7.96. The van der Waals surface area contributed by atoms with Crippen molar-refractivity contribution >= 4 is 35.0 Å². The monoisotopic (exact) mass is 506 g/mol. The lowest BCUT2D eigenvalue weighted by Gasteiger charge is -2.14. The molecule has 184 valence electrons. The Kier molecular flexibility index (Phi) is 5.12. The van der Waals surface area contributed by atoms with Gasteiger partial charge in [0.25, 0.3) is 5.91 Å². The number of rotatable bonds is 3. The molecule has 8 nitrogen and oxygen atoms in total. The van der Waals surface area contributed by atoms with E-state index >= 15 is 0 Å². The number of nitrogens with one attached hydrogen (secondary N) is 2. The molecule has 14 heteroatoms. The number of amides is 1. The van der Waals surface area contributed by atoms with Crippen molar-refractivity contribution in [1.82, 2.24) is 24.1 Å². The van der Waals surface area contributed by atoms with E-state index in [1.807, 2.05) is 5.32 Å². The van der Waals surface area contributed by atoms with Crippen LogP contribution < -0.4 is 11.0 Å². The van der Waals surface area contributed by atoms with E-state index in [9.17, 15) is 35.9 Å². The quantitative estimate of drug-likeness (QED) is 0.399. The van der Waals surface area contributed by atoms with Crippen LogP contribution >= 0.6 is 0 Å². The van der Waals surface area contributed by atoms with Crippen molar-refractivity contribution in [2.45, 2.75) is 12.4 Å². The van der Waals surface area contributed by atoms with Gasteiger partial charge in [-0.1, -0.05) is 6.08 Å². The minimum absolute atomic E-state index is 0.0743. The van der Waals surface area contributed by atoms with E-state index in [2.05, 4.69) is 15.1 Å². The Morgan fingerprint density at radius 2 is 1.81 bits per heavy atom. The highest BCUT2D eigenvalue weighted by atomic mass is 19.4. The second-order valence-electron chi connectivity index (χ2n) is 7.64. The van der Waals surface area contributed by atoms with Gasteiger partial charge in [0.2, 0.25) is 0 Å². The van der Waals surface area contributed by atoms with Gasteiger partial charge in [0.15, 0.2) is 5.69 Å². The highest BCUT2D eigenvalue weighted by molar-refractivity contribution is 6.05. The SMILES string of the molecule is O=C(Nc1ccnc(C(F)(F)F)c1)c1cnn(C2=Cc3c[nH]c(=O)n4ccc(c34)C=C2)c1C(F)(F)F. The number of pyridine rings is 1. The molecular formula is C22H12F6N6O2. The fourth-order valence-corrected chi connectivity index (χ4v) is 3.80. The Bertz CT molecular complexity index is 1640. The fraction of sp³-hybridized carbons (Fsp3) is 0.0909. The Hall–Kier alpha value is -4.62. The summed E-state index contributed by atoms with van der Waals surface area (Å²) in [6.45, 7) is 0. The summed E-state index contributed by atoms with van der Waals surface area (Å²) in [5.41, 5.74) is -3.15. The predicted octanol–water partition coefficient (Wildman–Crippen LogP) is 4.53. The number of halogens is 6. The highest BCUT2D eigenvalue weighted by Gasteiger charge is 2.41. The summed E-state index contributed by atoms with van der Waals surface area (Å²) in [5, 5.41) is 5.77. The van der Waals surface area contributed by atoms with Crippen LogP contribution in [0.1, 0.15) is 32.9 Å². The molecule has 1 aliphatic carbocycles. The lowest BCUT2D eigenvalue weighted by molar-refractivity contribution is -0.143. The van der Waals surface area contributed by atoms with Crippen LogP contribution in [0.5, 0.6) is 0 Å². The van der Waals surface area contributed by atoms with Crippen molar-refractivity contribution in [1.29, 1.82) is 0 Å². The third kappa shape index (κ3) is 3.95. The van der Waals surface area contributed by atoms with E-state index in [-0.39, 0.29) is 5.70 Å². The number of nitrogens with zero attached hydrogens (tertiary/aromatic N) is 4. The molecule has 5 rings (SSSR count). The zero-order chi connectivity index (χ0) is 25.8. The first-order valence-electron chi connectivity index (χ1n) is 10.1. The van der Waals surface area contributed by atoms with E-state index in [4.69, 9.17) is 0 Å². The van der Waals surface area contributed by atoms with Crippen LogP contribution in [-0.2, 0) is 12.4 Å². The summed E-state index contributed by atoms with van der Waals surface area (Å²) < 4.78 is 82.8. The summed E-state index contributed by atoms with van der Waals surface area (Å²) in [7, 11) is 0. The van der Waals surface area contributed by atoms with E-state index in [1.165, 1.54) is 35.0 Å². The Labute approximate surface area is 196 Å². The van der Waals surface area contributed by atoms with Crippen LogP contribution in [0.3, 0.4) is 0 Å². The molecule has 4 heterocycles. The van der Waals surface area contributed by atoms with Crippen LogP contribution in [0.15, 0.2) is 53.9 Å². The number of allylic oxidation sites excluding steroid dienone is 2. The molecule has 0 saturated heterocycles. The fourth-order valence-electron chi connectivity index (χ4n) is 3.80. The number of aromatic nitrogens is 5. The predicted molar refractivity (Wildman–Crippen MR) is 116 cm³/mol. The normalized spacial score (nSPS) is 13.6. The number of carbonyl (C=O) groups is 1. The van der Waals surface area contributed by atoms with Gasteiger partial charge in [0, 0.05) is 35.4 Å². The van der Waals surface area contributed by atoms with Gasteiger partial charge in [-0.15, -0.1) is 0 Å². The number of H-pyrrole nitrogens is 1. The standard InChI is InChI=1S/C22H12F6N6O2/c23-21(24,25)16-8-13(3-5-29-16)32-19(35)15-10-31-34(18(15)22(26,27)28)14-2-1-11-4-6-33-17(11)12(7-14)9-30-20(33)36/h1-10H,(H,30,36)(H,29,32,35). The Balaban J connectivity index is 1.57. The van der Waals surface area contributed by atoms with Gasteiger partial charge in [0.1, 0.15) is 5.69 Å². The van der Waals surface area contributed by atoms with Crippen LogP contribution in [0, 0.1) is 0 Å². The van der Waals surface area contributed by atoms with Gasteiger partial charge >= 0.3 is 18.0 Å². The zero-order valence-electron chi connectivity index (χ0n) is 17.6. The molecule has 2 N–H and O–H groups in total. The van der Waals surface area contributed by atoms with E-state index < -0.39 is 46.6 Å². The molecule has 0 aliphatic heterocycles. The summed E-state index contributed by atoms with van der Waals surface area (Å²) in [6.07, 6.45) is -1.40. The number of hydrogen-bond donors (Lipinski definition) is 2. The molecule has 36 heavy (non-hydrogen) atoms. The van der Waals surface area contributed by atoms with Gasteiger partial charge in [-0.3, -0.25) is 14.2 Å². The smallest absolute Gasteiger partial charge is 0.322 e. The highest BCUT2D eigenvalue weighted by Crippen LogP contribution is 2.36. The van der Waals surface area contributed by atoms with Crippen LogP contribution in [-0.4, -0.2) is 30.1 Å². The average molecular weight is 506 g/mol. The van der Waals surface area contributed by atoms with Gasteiger partial charge in [0.05, 0.1) is 23.0 Å². The van der Waals surface area contributed by atoms with Crippen molar-refractivity contribution in [3.8, 4) is 0 Å². The molecule has 1 amide bonds. The molecule has 4 aromatic rings. The molecular weight excluding hydrogens is 494 g/mol. The van der Waals surface area contributed by atoms with Crippen molar-refractivity contribution in [2.24, 2.45) is 0 Å². The summed E-state index contributed by atoms with van der Waals surface area (Å²) in [6, 6.07) is 3.12. The molecule has 0 bridgehead atoms. The molecule has 0 fully saturated rings. The maximum Gasteiger partial charge on any atom is 0.434 e. The molecule has 0 spiro atoms. The minimum Gasteiger partial charge on any atom is -0.322 e. The van der Waals surface area contributed by atoms with Gasteiger partial charge < -0.3 is 10.3 Å². The molecule has 0 unspecified atom stereocenters. The number of carbonyl (C=O) groups excluding carboxylic acids is 1. The van der Waals surface area contributed by atoms with Crippen LogP contribution in [0.25, 0.3) is 23.4 Å². The lowest BCUT2D eigenvalue weighted by Crippen LogP contribution is -2.21.